The summed E-state index contributed by atoms with van der Waals surface area (Å²) in [5, 5.41) is 3.04. The summed E-state index contributed by atoms with van der Waals surface area (Å²) in [4.78, 5) is 0. The van der Waals surface area contributed by atoms with Crippen molar-refractivity contribution in [2.24, 2.45) is 0 Å². The van der Waals surface area contributed by atoms with Gasteiger partial charge in [-0.1, -0.05) is 79.8 Å². The highest BCUT2D eigenvalue weighted by Gasteiger charge is 2.13. The molecule has 18 heavy (non-hydrogen) atoms. The Balaban J connectivity index is 2.24. The number of rotatable bonds is 5. The lowest BCUT2D eigenvalue weighted by atomic mass is 10.4. The molecule has 0 aliphatic carbocycles. The molecule has 0 unspecified atom stereocenters. The maximum absolute atomic E-state index is 2.45. The Labute approximate surface area is 113 Å². The minimum absolute atomic E-state index is 0.149. The monoisotopic (exact) mass is 272 g/mol. The molecule has 0 saturated carbocycles. The summed E-state index contributed by atoms with van der Waals surface area (Å²) in [5.74, 6) is 0. The maximum Gasteiger partial charge on any atom is 0.0309 e. The van der Waals surface area contributed by atoms with Crippen LogP contribution in [0, 0.1) is 0 Å². The molecule has 2 aromatic rings. The molecule has 0 aromatic heterocycles. The van der Waals surface area contributed by atoms with Gasteiger partial charge in [0.1, 0.15) is 0 Å². The van der Waals surface area contributed by atoms with E-state index in [1.807, 2.05) is 0 Å². The lowest BCUT2D eigenvalue weighted by Gasteiger charge is -2.19. The van der Waals surface area contributed by atoms with Crippen molar-refractivity contribution in [3.63, 3.8) is 0 Å². The van der Waals surface area contributed by atoms with Gasteiger partial charge in [-0.3, -0.25) is 0 Å². The third kappa shape index (κ3) is 3.80. The van der Waals surface area contributed by atoms with Gasteiger partial charge >= 0.3 is 0 Å². The molecule has 0 aliphatic rings. The second-order valence-corrected chi connectivity index (χ2v) is 10.7. The molecule has 0 amide bonds. The predicted molar refractivity (Wildman–Crippen MR) is 87.6 cm³/mol. The first-order valence-electron chi connectivity index (χ1n) is 6.65. The highest BCUT2D eigenvalue weighted by Crippen LogP contribution is 2.34. The van der Waals surface area contributed by atoms with Crippen LogP contribution in [-0.2, 0) is 0 Å². The van der Waals surface area contributed by atoms with E-state index in [1.165, 1.54) is 22.8 Å². The van der Waals surface area contributed by atoms with Crippen LogP contribution in [0.25, 0.3) is 0 Å². The van der Waals surface area contributed by atoms with E-state index in [0.29, 0.717) is 0 Å². The standard InChI is InChI=1S/C16H21PSi/c1-18(2)14-13-17(15-9-5-3-6-10-15)16-11-7-4-8-12-16/h3-12,18H,13-14H2,1-2H3. The van der Waals surface area contributed by atoms with Crippen LogP contribution in [-0.4, -0.2) is 15.0 Å². The molecule has 0 bridgehead atoms. The van der Waals surface area contributed by atoms with E-state index in [4.69, 9.17) is 0 Å². The number of benzene rings is 2. The third-order valence-corrected chi connectivity index (χ3v) is 7.54. The van der Waals surface area contributed by atoms with Crippen LogP contribution in [0.1, 0.15) is 0 Å². The Bertz CT molecular complexity index is 414. The molecule has 94 valence electrons. The highest BCUT2D eigenvalue weighted by atomic mass is 31.1. The molecular formula is C16H21PSi. The lowest BCUT2D eigenvalue weighted by Crippen LogP contribution is -2.15. The van der Waals surface area contributed by atoms with Crippen LogP contribution in [0.4, 0.5) is 0 Å². The van der Waals surface area contributed by atoms with Gasteiger partial charge in [-0.2, -0.15) is 0 Å². The maximum atomic E-state index is 2.45. The zero-order chi connectivity index (χ0) is 12.8. The Morgan fingerprint density at radius 1 is 0.778 bits per heavy atom. The zero-order valence-electron chi connectivity index (χ0n) is 11.2. The molecule has 2 aromatic carbocycles. The van der Waals surface area contributed by atoms with E-state index in [2.05, 4.69) is 73.8 Å². The van der Waals surface area contributed by atoms with Crippen LogP contribution in [0.3, 0.4) is 0 Å². The van der Waals surface area contributed by atoms with Gasteiger partial charge in [0.25, 0.3) is 0 Å². The molecule has 0 saturated heterocycles. The molecule has 0 spiro atoms. The van der Waals surface area contributed by atoms with Crippen molar-refractivity contribution >= 4 is 27.3 Å². The quantitative estimate of drug-likeness (QED) is 0.576. The normalized spacial score (nSPS) is 11.1. The summed E-state index contributed by atoms with van der Waals surface area (Å²) >= 11 is 0. The molecule has 0 fully saturated rings. The van der Waals surface area contributed by atoms with Gasteiger partial charge in [-0.15, -0.1) is 0 Å². The summed E-state index contributed by atoms with van der Waals surface area (Å²) in [5.41, 5.74) is 0. The summed E-state index contributed by atoms with van der Waals surface area (Å²) < 4.78 is 0. The number of hydrogen-bond donors (Lipinski definition) is 0. The largest absolute Gasteiger partial charge is 0.0722 e. The fraction of sp³-hybridized carbons (Fsp3) is 0.250. The minimum atomic E-state index is -0.458. The molecule has 0 radical (unpaired) electrons. The molecule has 2 heteroatoms. The number of hydrogen-bond acceptors (Lipinski definition) is 0. The summed E-state index contributed by atoms with van der Waals surface area (Å²) in [6.07, 6.45) is 1.35. The van der Waals surface area contributed by atoms with E-state index in [9.17, 15) is 0 Å². The zero-order valence-corrected chi connectivity index (χ0v) is 13.3. The Kier molecular flexibility index (Phi) is 5.16. The first-order chi connectivity index (χ1) is 8.77. The van der Waals surface area contributed by atoms with Crippen LogP contribution in [0.5, 0.6) is 0 Å². The van der Waals surface area contributed by atoms with Gasteiger partial charge in [0.15, 0.2) is 0 Å². The van der Waals surface area contributed by atoms with Gasteiger partial charge in [-0.05, 0) is 24.7 Å². The van der Waals surface area contributed by atoms with Gasteiger partial charge < -0.3 is 0 Å². The van der Waals surface area contributed by atoms with Crippen LogP contribution in [0.15, 0.2) is 60.7 Å². The average molecular weight is 272 g/mol. The minimum Gasteiger partial charge on any atom is -0.0722 e. The highest BCUT2D eigenvalue weighted by molar-refractivity contribution is 7.73. The van der Waals surface area contributed by atoms with Crippen LogP contribution in [0.2, 0.25) is 19.1 Å². The van der Waals surface area contributed by atoms with Crippen molar-refractivity contribution in [2.45, 2.75) is 19.1 Å². The van der Waals surface area contributed by atoms with E-state index in [-0.39, 0.29) is 7.92 Å². The predicted octanol–water partition coefficient (Wildman–Crippen LogP) is 3.61. The topological polar surface area (TPSA) is 0 Å². The average Bonchev–Trinajstić information content (AvgIpc) is 2.41. The van der Waals surface area contributed by atoms with Gasteiger partial charge in [0.2, 0.25) is 0 Å². The molecule has 0 nitrogen and oxygen atoms in total. The van der Waals surface area contributed by atoms with Crippen molar-refractivity contribution in [1.82, 2.24) is 0 Å². The summed E-state index contributed by atoms with van der Waals surface area (Å²) in [7, 11) is -0.606. The van der Waals surface area contributed by atoms with Gasteiger partial charge in [-0.25, -0.2) is 0 Å². The first-order valence-corrected chi connectivity index (χ1v) is 11.3. The second kappa shape index (κ2) is 6.87. The third-order valence-electron chi connectivity index (χ3n) is 3.07. The fourth-order valence-electron chi connectivity index (χ4n) is 2.01. The lowest BCUT2D eigenvalue weighted by molar-refractivity contribution is 1.42. The summed E-state index contributed by atoms with van der Waals surface area (Å²) in [6, 6.07) is 23.5. The van der Waals surface area contributed by atoms with Gasteiger partial charge in [0, 0.05) is 8.80 Å². The SMILES string of the molecule is C[SiH](C)CCP(c1ccccc1)c1ccccc1. The van der Waals surface area contributed by atoms with Crippen molar-refractivity contribution < 1.29 is 0 Å². The molecule has 0 atom stereocenters. The Morgan fingerprint density at radius 3 is 1.61 bits per heavy atom. The Hall–Kier alpha value is -0.913. The molecule has 0 aliphatic heterocycles. The van der Waals surface area contributed by atoms with Crippen LogP contribution < -0.4 is 10.6 Å². The van der Waals surface area contributed by atoms with E-state index >= 15 is 0 Å². The molecule has 2 rings (SSSR count). The second-order valence-electron chi connectivity index (χ2n) is 5.01. The van der Waals surface area contributed by atoms with E-state index in [1.54, 1.807) is 0 Å². The Morgan fingerprint density at radius 2 is 1.22 bits per heavy atom. The van der Waals surface area contributed by atoms with Crippen molar-refractivity contribution in [3.8, 4) is 0 Å². The fourth-order valence-corrected chi connectivity index (χ4v) is 6.99. The van der Waals surface area contributed by atoms with E-state index < -0.39 is 8.80 Å². The smallest absolute Gasteiger partial charge is 0.0309 e. The van der Waals surface area contributed by atoms with Crippen molar-refractivity contribution in [3.05, 3.63) is 60.7 Å². The van der Waals surface area contributed by atoms with E-state index in [0.717, 1.165) is 0 Å². The van der Waals surface area contributed by atoms with Crippen molar-refractivity contribution in [1.29, 1.82) is 0 Å². The molecular weight excluding hydrogens is 251 g/mol. The molecule has 0 N–H and O–H groups in total. The molecule has 0 heterocycles. The summed E-state index contributed by atoms with van der Waals surface area (Å²) in [6.45, 7) is 4.90. The van der Waals surface area contributed by atoms with Crippen LogP contribution >= 0.6 is 7.92 Å². The van der Waals surface area contributed by atoms with Crippen molar-refractivity contribution in [2.75, 3.05) is 6.16 Å². The first kappa shape index (κ1) is 13.5. The van der Waals surface area contributed by atoms with Gasteiger partial charge in [0.05, 0.1) is 0 Å².